The van der Waals surface area contributed by atoms with E-state index in [1.165, 1.54) is 4.90 Å². The van der Waals surface area contributed by atoms with Gasteiger partial charge in [0.05, 0.1) is 11.1 Å². The van der Waals surface area contributed by atoms with E-state index in [-0.39, 0.29) is 30.2 Å². The molecule has 0 radical (unpaired) electrons. The first-order valence-corrected chi connectivity index (χ1v) is 7.62. The molecule has 2 aliphatic heterocycles. The third-order valence-electron chi connectivity index (χ3n) is 4.22. The highest BCUT2D eigenvalue weighted by Gasteiger charge is 2.34. The van der Waals surface area contributed by atoms with Gasteiger partial charge in [-0.3, -0.25) is 19.3 Å². The van der Waals surface area contributed by atoms with Gasteiger partial charge in [0.1, 0.15) is 0 Å². The van der Waals surface area contributed by atoms with Gasteiger partial charge >= 0.3 is 0 Å². The maximum Gasteiger partial charge on any atom is 0.261 e. The van der Waals surface area contributed by atoms with Crippen LogP contribution in [-0.2, 0) is 4.79 Å². The highest BCUT2D eigenvalue weighted by molar-refractivity contribution is 6.21. The van der Waals surface area contributed by atoms with E-state index in [0.717, 1.165) is 25.9 Å². The zero-order chi connectivity index (χ0) is 15.5. The number of nitrogens with one attached hydrogen (secondary N) is 2. The molecule has 2 heterocycles. The third kappa shape index (κ3) is 2.74. The van der Waals surface area contributed by atoms with Gasteiger partial charge in [0.2, 0.25) is 5.91 Å². The topological polar surface area (TPSA) is 78.5 Å². The molecule has 3 amide bonds. The number of fused-ring (bicyclic) bond motifs is 1. The molecule has 1 aromatic carbocycles. The highest BCUT2D eigenvalue weighted by Crippen LogP contribution is 2.21. The van der Waals surface area contributed by atoms with Crippen molar-refractivity contribution in [1.82, 2.24) is 15.5 Å². The zero-order valence-electron chi connectivity index (χ0n) is 12.3. The lowest BCUT2D eigenvalue weighted by atomic mass is 9.97. The lowest BCUT2D eigenvalue weighted by Gasteiger charge is -2.22. The van der Waals surface area contributed by atoms with E-state index < -0.39 is 0 Å². The Morgan fingerprint density at radius 1 is 1.14 bits per heavy atom. The molecule has 116 valence electrons. The normalized spacial score (nSPS) is 18.5. The second-order valence-electron chi connectivity index (χ2n) is 5.62. The summed E-state index contributed by atoms with van der Waals surface area (Å²) in [6.07, 6.45) is 1.66. The number of carbonyl (C=O) groups is 3. The van der Waals surface area contributed by atoms with Crippen LogP contribution >= 0.6 is 0 Å². The largest absolute Gasteiger partial charge is 0.354 e. The van der Waals surface area contributed by atoms with Crippen molar-refractivity contribution in [3.63, 3.8) is 0 Å². The molecule has 0 saturated carbocycles. The fourth-order valence-corrected chi connectivity index (χ4v) is 2.96. The van der Waals surface area contributed by atoms with Crippen LogP contribution in [0.1, 0.15) is 33.6 Å². The Morgan fingerprint density at radius 2 is 1.73 bits per heavy atom. The second kappa shape index (κ2) is 6.27. The van der Waals surface area contributed by atoms with E-state index >= 15 is 0 Å². The Hall–Kier alpha value is -2.21. The van der Waals surface area contributed by atoms with Gasteiger partial charge in [0.15, 0.2) is 0 Å². The first kappa shape index (κ1) is 14.7. The molecule has 1 fully saturated rings. The molecular weight excluding hydrogens is 282 g/mol. The number of nitrogens with zero attached hydrogens (tertiary/aromatic N) is 1. The fourth-order valence-electron chi connectivity index (χ4n) is 2.96. The summed E-state index contributed by atoms with van der Waals surface area (Å²) in [6, 6.07) is 6.80. The van der Waals surface area contributed by atoms with Crippen molar-refractivity contribution in [3.8, 4) is 0 Å². The van der Waals surface area contributed by atoms with E-state index in [1.807, 2.05) is 0 Å². The minimum absolute atomic E-state index is 0.0121. The molecule has 0 bridgehead atoms. The molecule has 3 rings (SSSR count). The molecule has 2 aliphatic rings. The number of carbonyl (C=O) groups excluding carboxylic acids is 3. The second-order valence-corrected chi connectivity index (χ2v) is 5.62. The van der Waals surface area contributed by atoms with E-state index in [0.29, 0.717) is 17.7 Å². The minimum atomic E-state index is -0.281. The van der Waals surface area contributed by atoms with Crippen molar-refractivity contribution in [2.75, 3.05) is 26.2 Å². The van der Waals surface area contributed by atoms with Crippen LogP contribution in [0, 0.1) is 5.92 Å². The molecular formula is C16H19N3O3. The number of hydrogen-bond donors (Lipinski definition) is 2. The summed E-state index contributed by atoms with van der Waals surface area (Å²) >= 11 is 0. The SMILES string of the molecule is O=C(NCCN1C(=O)c2ccccc2C1=O)C1CCNCC1. The predicted octanol–water partition coefficient (Wildman–Crippen LogP) is 0.398. The Labute approximate surface area is 128 Å². The molecule has 1 aromatic rings. The maximum absolute atomic E-state index is 12.2. The summed E-state index contributed by atoms with van der Waals surface area (Å²) in [6.45, 7) is 2.23. The van der Waals surface area contributed by atoms with Gasteiger partial charge in [-0.05, 0) is 38.1 Å². The summed E-state index contributed by atoms with van der Waals surface area (Å²) in [7, 11) is 0. The summed E-state index contributed by atoms with van der Waals surface area (Å²) in [5.41, 5.74) is 0.884. The van der Waals surface area contributed by atoms with Crippen molar-refractivity contribution >= 4 is 17.7 Å². The molecule has 0 unspecified atom stereocenters. The summed E-state index contributed by atoms with van der Waals surface area (Å²) in [4.78, 5) is 37.6. The van der Waals surface area contributed by atoms with Crippen LogP contribution in [0.3, 0.4) is 0 Å². The van der Waals surface area contributed by atoms with E-state index in [9.17, 15) is 14.4 Å². The number of imide groups is 1. The molecule has 0 aliphatic carbocycles. The average Bonchev–Trinajstić information content (AvgIpc) is 2.81. The molecule has 2 N–H and O–H groups in total. The van der Waals surface area contributed by atoms with Gasteiger partial charge in [-0.1, -0.05) is 12.1 Å². The van der Waals surface area contributed by atoms with Gasteiger partial charge < -0.3 is 10.6 Å². The summed E-state index contributed by atoms with van der Waals surface area (Å²) in [5, 5.41) is 6.05. The number of hydrogen-bond acceptors (Lipinski definition) is 4. The van der Waals surface area contributed by atoms with E-state index in [2.05, 4.69) is 10.6 Å². The molecule has 22 heavy (non-hydrogen) atoms. The van der Waals surface area contributed by atoms with Crippen molar-refractivity contribution in [1.29, 1.82) is 0 Å². The Morgan fingerprint density at radius 3 is 2.32 bits per heavy atom. The molecule has 0 atom stereocenters. The summed E-state index contributed by atoms with van der Waals surface area (Å²) in [5.74, 6) is -0.519. The monoisotopic (exact) mass is 301 g/mol. The maximum atomic E-state index is 12.2. The van der Waals surface area contributed by atoms with Crippen LogP contribution in [-0.4, -0.2) is 48.8 Å². The quantitative estimate of drug-likeness (QED) is 0.789. The van der Waals surface area contributed by atoms with E-state index in [1.54, 1.807) is 24.3 Å². The third-order valence-corrected chi connectivity index (χ3v) is 4.22. The molecule has 6 heteroatoms. The Balaban J connectivity index is 1.53. The molecule has 6 nitrogen and oxygen atoms in total. The minimum Gasteiger partial charge on any atom is -0.354 e. The van der Waals surface area contributed by atoms with Crippen LogP contribution in [0.5, 0.6) is 0 Å². The van der Waals surface area contributed by atoms with Crippen LogP contribution in [0.2, 0.25) is 0 Å². The van der Waals surface area contributed by atoms with Crippen LogP contribution in [0.4, 0.5) is 0 Å². The lowest BCUT2D eigenvalue weighted by Crippen LogP contribution is -2.42. The van der Waals surface area contributed by atoms with Gasteiger partial charge in [-0.2, -0.15) is 0 Å². The first-order chi connectivity index (χ1) is 10.7. The number of benzene rings is 1. The Kier molecular flexibility index (Phi) is 4.20. The van der Waals surface area contributed by atoms with Crippen LogP contribution in [0.25, 0.3) is 0 Å². The molecule has 0 spiro atoms. The lowest BCUT2D eigenvalue weighted by molar-refractivity contribution is -0.125. The van der Waals surface area contributed by atoms with Crippen LogP contribution < -0.4 is 10.6 Å². The van der Waals surface area contributed by atoms with E-state index in [4.69, 9.17) is 0 Å². The first-order valence-electron chi connectivity index (χ1n) is 7.62. The Bertz CT molecular complexity index is 573. The molecule has 1 saturated heterocycles. The zero-order valence-corrected chi connectivity index (χ0v) is 12.3. The fraction of sp³-hybridized carbons (Fsp3) is 0.438. The van der Waals surface area contributed by atoms with Gasteiger partial charge in [-0.15, -0.1) is 0 Å². The average molecular weight is 301 g/mol. The summed E-state index contributed by atoms with van der Waals surface area (Å²) < 4.78 is 0. The predicted molar refractivity (Wildman–Crippen MR) is 80.4 cm³/mol. The van der Waals surface area contributed by atoms with Crippen molar-refractivity contribution < 1.29 is 14.4 Å². The van der Waals surface area contributed by atoms with Gasteiger partial charge in [-0.25, -0.2) is 0 Å². The van der Waals surface area contributed by atoms with Gasteiger partial charge in [0, 0.05) is 19.0 Å². The van der Waals surface area contributed by atoms with Crippen molar-refractivity contribution in [2.24, 2.45) is 5.92 Å². The van der Waals surface area contributed by atoms with Crippen LogP contribution in [0.15, 0.2) is 24.3 Å². The number of rotatable bonds is 4. The molecule has 0 aromatic heterocycles. The van der Waals surface area contributed by atoms with Gasteiger partial charge in [0.25, 0.3) is 11.8 Å². The highest BCUT2D eigenvalue weighted by atomic mass is 16.2. The van der Waals surface area contributed by atoms with Crippen molar-refractivity contribution in [3.05, 3.63) is 35.4 Å². The number of amides is 3. The smallest absolute Gasteiger partial charge is 0.261 e. The standard InChI is InChI=1S/C16H19N3O3/c20-14(11-5-7-17-8-6-11)18-9-10-19-15(21)12-3-1-2-4-13(12)16(19)22/h1-4,11,17H,5-10H2,(H,18,20). The number of piperidine rings is 1. The van der Waals surface area contributed by atoms with Crippen molar-refractivity contribution in [2.45, 2.75) is 12.8 Å².